The highest BCUT2D eigenvalue weighted by Crippen LogP contribution is 2.33. The molecule has 2 heterocycles. The number of anilines is 2. The highest BCUT2D eigenvalue weighted by molar-refractivity contribution is 6.05. The molecule has 7 heteroatoms. The Morgan fingerprint density at radius 3 is 2.60 bits per heavy atom. The van der Waals surface area contributed by atoms with Gasteiger partial charge in [0.15, 0.2) is 0 Å². The van der Waals surface area contributed by atoms with E-state index in [4.69, 9.17) is 5.73 Å². The molecule has 2 aromatic heterocycles. The van der Waals surface area contributed by atoms with Gasteiger partial charge < -0.3 is 20.7 Å². The summed E-state index contributed by atoms with van der Waals surface area (Å²) in [7, 11) is 3.71. The number of pyridine rings is 1. The Balaban J connectivity index is 2.05. The molecule has 7 nitrogen and oxygen atoms in total. The topological polar surface area (TPSA) is 103 Å². The van der Waals surface area contributed by atoms with Gasteiger partial charge in [0.25, 0.3) is 5.56 Å². The predicted octanol–water partition coefficient (Wildman–Crippen LogP) is 2.22. The van der Waals surface area contributed by atoms with Crippen molar-refractivity contribution in [3.63, 3.8) is 0 Å². The quantitative estimate of drug-likeness (QED) is 0.430. The van der Waals surface area contributed by atoms with Gasteiger partial charge in [0.05, 0.1) is 27.9 Å². The van der Waals surface area contributed by atoms with Gasteiger partial charge in [0, 0.05) is 19.5 Å². The summed E-state index contributed by atoms with van der Waals surface area (Å²) in [5.74, 6) is 0.462. The first kappa shape index (κ1) is 15.2. The van der Waals surface area contributed by atoms with E-state index < -0.39 is 0 Å². The molecular formula is C18H18N6O. The molecule has 25 heavy (non-hydrogen) atoms. The molecule has 0 aliphatic heterocycles. The second-order valence-electron chi connectivity index (χ2n) is 5.83. The van der Waals surface area contributed by atoms with Gasteiger partial charge in [0.2, 0.25) is 0 Å². The second kappa shape index (κ2) is 5.64. The molecule has 4 rings (SSSR count). The molecule has 5 N–H and O–H groups in total. The highest BCUT2D eigenvalue weighted by Gasteiger charge is 2.18. The highest BCUT2D eigenvalue weighted by atomic mass is 16.1. The Morgan fingerprint density at radius 2 is 1.84 bits per heavy atom. The van der Waals surface area contributed by atoms with E-state index in [9.17, 15) is 4.79 Å². The first-order chi connectivity index (χ1) is 12.1. The third-order valence-electron chi connectivity index (χ3n) is 4.38. The van der Waals surface area contributed by atoms with Crippen LogP contribution in [0.4, 0.5) is 11.4 Å². The van der Waals surface area contributed by atoms with Crippen molar-refractivity contribution < 1.29 is 0 Å². The Morgan fingerprint density at radius 1 is 1.08 bits per heavy atom. The number of hydrogen-bond acceptors (Lipinski definition) is 5. The van der Waals surface area contributed by atoms with E-state index in [1.165, 1.54) is 0 Å². The van der Waals surface area contributed by atoms with Crippen LogP contribution in [-0.2, 0) is 0 Å². The first-order valence-electron chi connectivity index (χ1n) is 7.91. The zero-order valence-corrected chi connectivity index (χ0v) is 13.9. The molecule has 0 unspecified atom stereocenters. The number of aromatic amines is 2. The number of hydrogen-bond donors (Lipinski definition) is 4. The van der Waals surface area contributed by atoms with Crippen LogP contribution in [0.25, 0.3) is 33.3 Å². The molecule has 0 aliphatic rings. The van der Waals surface area contributed by atoms with Crippen molar-refractivity contribution in [3.8, 4) is 11.4 Å². The fourth-order valence-electron chi connectivity index (χ4n) is 3.07. The standard InChI is InChI=1S/C18H18N6O/c1-20-24(2)13-9-5-8-12-14(13)16(19)15(18(25)23-12)17-21-10-6-3-4-7-11(10)22-17/h3-9,20H,1-2H3,(H,21,22)(H3,19,23,25). The maximum Gasteiger partial charge on any atom is 0.261 e. The van der Waals surface area contributed by atoms with E-state index in [0.717, 1.165) is 22.1 Å². The van der Waals surface area contributed by atoms with Crippen LogP contribution < -0.4 is 21.7 Å². The van der Waals surface area contributed by atoms with Crippen LogP contribution in [0.3, 0.4) is 0 Å². The lowest BCUT2D eigenvalue weighted by atomic mass is 10.1. The molecule has 0 saturated carbocycles. The van der Waals surface area contributed by atoms with Crippen LogP contribution in [-0.4, -0.2) is 29.0 Å². The lowest BCUT2D eigenvalue weighted by Crippen LogP contribution is -2.30. The Bertz CT molecular complexity index is 1110. The van der Waals surface area contributed by atoms with Crippen LogP contribution in [0.15, 0.2) is 47.3 Å². The van der Waals surface area contributed by atoms with E-state index in [-0.39, 0.29) is 5.56 Å². The first-order valence-corrected chi connectivity index (χ1v) is 7.91. The molecular weight excluding hydrogens is 316 g/mol. The number of imidazole rings is 1. The Hall–Kier alpha value is -3.32. The summed E-state index contributed by atoms with van der Waals surface area (Å²) >= 11 is 0. The van der Waals surface area contributed by atoms with Gasteiger partial charge in [-0.1, -0.05) is 18.2 Å². The van der Waals surface area contributed by atoms with E-state index in [0.29, 0.717) is 22.6 Å². The largest absolute Gasteiger partial charge is 0.397 e. The average Bonchev–Trinajstić information content (AvgIpc) is 3.03. The Kier molecular flexibility index (Phi) is 3.43. The zero-order valence-electron chi connectivity index (χ0n) is 13.9. The third-order valence-corrected chi connectivity index (χ3v) is 4.38. The van der Waals surface area contributed by atoms with Crippen LogP contribution in [0.1, 0.15) is 0 Å². The maximum atomic E-state index is 12.7. The predicted molar refractivity (Wildman–Crippen MR) is 102 cm³/mol. The number of H-pyrrole nitrogens is 2. The lowest BCUT2D eigenvalue weighted by molar-refractivity contribution is 0.795. The fourth-order valence-corrected chi connectivity index (χ4v) is 3.07. The number of nitrogen functional groups attached to an aromatic ring is 1. The minimum atomic E-state index is -0.270. The number of aromatic nitrogens is 3. The summed E-state index contributed by atoms with van der Waals surface area (Å²) < 4.78 is 0. The van der Waals surface area contributed by atoms with Gasteiger partial charge in [-0.25, -0.2) is 10.4 Å². The summed E-state index contributed by atoms with van der Waals surface area (Å²) in [5.41, 5.74) is 13.2. The normalized spacial score (nSPS) is 11.3. The number of hydrazine groups is 1. The van der Waals surface area contributed by atoms with Gasteiger partial charge in [-0.15, -0.1) is 0 Å². The van der Waals surface area contributed by atoms with Gasteiger partial charge >= 0.3 is 0 Å². The van der Waals surface area contributed by atoms with Gasteiger partial charge in [0.1, 0.15) is 11.4 Å². The van der Waals surface area contributed by atoms with E-state index in [2.05, 4.69) is 20.4 Å². The molecule has 0 aliphatic carbocycles. The van der Waals surface area contributed by atoms with Gasteiger partial charge in [-0.05, 0) is 24.3 Å². The fraction of sp³-hybridized carbons (Fsp3) is 0.111. The minimum Gasteiger partial charge on any atom is -0.397 e. The van der Waals surface area contributed by atoms with Crippen molar-refractivity contribution in [2.75, 3.05) is 24.8 Å². The van der Waals surface area contributed by atoms with Crippen LogP contribution in [0, 0.1) is 0 Å². The second-order valence-corrected chi connectivity index (χ2v) is 5.83. The molecule has 0 saturated heterocycles. The van der Waals surface area contributed by atoms with E-state index in [1.54, 1.807) is 0 Å². The van der Waals surface area contributed by atoms with Crippen molar-refractivity contribution in [3.05, 3.63) is 52.8 Å². The number of nitrogens with zero attached hydrogens (tertiary/aromatic N) is 2. The molecule has 0 bridgehead atoms. The number of nitrogens with two attached hydrogens (primary N) is 1. The molecule has 0 atom stereocenters. The number of nitrogens with one attached hydrogen (secondary N) is 3. The minimum absolute atomic E-state index is 0.270. The summed E-state index contributed by atoms with van der Waals surface area (Å²) in [4.78, 5) is 23.3. The molecule has 2 aromatic carbocycles. The number of para-hydroxylation sites is 2. The van der Waals surface area contributed by atoms with Crippen molar-refractivity contribution in [1.29, 1.82) is 0 Å². The SMILES string of the molecule is CNN(C)c1cccc2[nH]c(=O)c(-c3nc4ccccc4[nH]3)c(N)c12. The summed E-state index contributed by atoms with van der Waals surface area (Å²) in [6.45, 7) is 0. The smallest absolute Gasteiger partial charge is 0.261 e. The molecule has 0 radical (unpaired) electrons. The summed E-state index contributed by atoms with van der Waals surface area (Å²) in [5, 5.41) is 2.62. The van der Waals surface area contributed by atoms with Crippen molar-refractivity contribution in [2.24, 2.45) is 0 Å². The number of benzene rings is 2. The van der Waals surface area contributed by atoms with E-state index >= 15 is 0 Å². The lowest BCUT2D eigenvalue weighted by Gasteiger charge is -2.21. The Labute approximate surface area is 143 Å². The maximum absolute atomic E-state index is 12.7. The van der Waals surface area contributed by atoms with Gasteiger partial charge in [-0.3, -0.25) is 4.79 Å². The molecule has 0 spiro atoms. The third kappa shape index (κ3) is 2.33. The van der Waals surface area contributed by atoms with Crippen LogP contribution in [0.2, 0.25) is 0 Å². The number of rotatable bonds is 3. The average molecular weight is 334 g/mol. The molecule has 0 fully saturated rings. The molecule has 126 valence electrons. The van der Waals surface area contributed by atoms with Crippen molar-refractivity contribution in [1.82, 2.24) is 20.4 Å². The van der Waals surface area contributed by atoms with Gasteiger partial charge in [-0.2, -0.15) is 0 Å². The van der Waals surface area contributed by atoms with E-state index in [1.807, 2.05) is 61.6 Å². The summed E-state index contributed by atoms with van der Waals surface area (Å²) in [6.07, 6.45) is 0. The monoisotopic (exact) mass is 334 g/mol. The summed E-state index contributed by atoms with van der Waals surface area (Å²) in [6, 6.07) is 13.3. The number of fused-ring (bicyclic) bond motifs is 2. The van der Waals surface area contributed by atoms with Crippen LogP contribution in [0.5, 0.6) is 0 Å². The zero-order chi connectivity index (χ0) is 17.6. The molecule has 0 amide bonds. The van der Waals surface area contributed by atoms with Crippen LogP contribution >= 0.6 is 0 Å². The van der Waals surface area contributed by atoms with Crippen molar-refractivity contribution >= 4 is 33.3 Å². The molecule has 4 aromatic rings. The van der Waals surface area contributed by atoms with Crippen molar-refractivity contribution in [2.45, 2.75) is 0 Å².